The standard InChI is InChI=1S/C29H34N8O4/c1-30-25-13-23(33-28-20(14-32-37(25)28)29(39)34-22-5-6-24(22)40-2)21-16-36(27-19(21)4-3-9-31-27)18-12-26(38)35(15-18)17-7-10-41-11-8-17/h3-4,9,13-14,16-18,22,24,30H,5-8,10-12,15H2,1-2H3,(H,34,39)/t18-,22+,24+/m1/s1. The number of carbonyl (C=O) groups is 2. The zero-order valence-electron chi connectivity index (χ0n) is 23.2. The summed E-state index contributed by atoms with van der Waals surface area (Å²) in [4.78, 5) is 38.1. The van der Waals surface area contributed by atoms with Gasteiger partial charge in [0.2, 0.25) is 5.91 Å². The van der Waals surface area contributed by atoms with E-state index in [0.29, 0.717) is 48.9 Å². The van der Waals surface area contributed by atoms with Gasteiger partial charge in [0.1, 0.15) is 17.0 Å². The van der Waals surface area contributed by atoms with Crippen LogP contribution in [0.15, 0.2) is 36.8 Å². The average molecular weight is 559 g/mol. The zero-order valence-corrected chi connectivity index (χ0v) is 23.2. The van der Waals surface area contributed by atoms with Crippen molar-refractivity contribution < 1.29 is 19.1 Å². The summed E-state index contributed by atoms with van der Waals surface area (Å²) in [5.74, 6) is 0.657. The third-order valence-corrected chi connectivity index (χ3v) is 8.83. The molecule has 0 spiro atoms. The van der Waals surface area contributed by atoms with Crippen LogP contribution in [0.2, 0.25) is 0 Å². The first-order valence-electron chi connectivity index (χ1n) is 14.3. The molecule has 2 aliphatic heterocycles. The number of ether oxygens (including phenoxy) is 2. The summed E-state index contributed by atoms with van der Waals surface area (Å²) in [5, 5.41) is 11.7. The van der Waals surface area contributed by atoms with E-state index in [-0.39, 0.29) is 36.0 Å². The van der Waals surface area contributed by atoms with Gasteiger partial charge in [-0.1, -0.05) is 0 Å². The largest absolute Gasteiger partial charge is 0.381 e. The van der Waals surface area contributed by atoms with Crippen LogP contribution in [0, 0.1) is 0 Å². The third-order valence-electron chi connectivity index (χ3n) is 8.83. The summed E-state index contributed by atoms with van der Waals surface area (Å²) < 4.78 is 14.7. The van der Waals surface area contributed by atoms with Crippen molar-refractivity contribution in [3.05, 3.63) is 42.4 Å². The number of fused-ring (bicyclic) bond motifs is 2. The predicted molar refractivity (Wildman–Crippen MR) is 152 cm³/mol. The summed E-state index contributed by atoms with van der Waals surface area (Å²) in [6.07, 6.45) is 9.41. The smallest absolute Gasteiger partial charge is 0.257 e. The van der Waals surface area contributed by atoms with Crippen LogP contribution < -0.4 is 10.6 Å². The Morgan fingerprint density at radius 3 is 2.76 bits per heavy atom. The molecule has 3 aliphatic rings. The highest BCUT2D eigenvalue weighted by Gasteiger charge is 2.37. The number of rotatable bonds is 7. The second-order valence-electron chi connectivity index (χ2n) is 11.1. The molecular weight excluding hydrogens is 524 g/mol. The lowest BCUT2D eigenvalue weighted by atomic mass is 9.89. The molecule has 0 unspecified atom stereocenters. The molecule has 7 rings (SSSR count). The van der Waals surface area contributed by atoms with E-state index in [1.807, 2.05) is 30.1 Å². The minimum Gasteiger partial charge on any atom is -0.381 e. The number of hydrogen-bond acceptors (Lipinski definition) is 8. The summed E-state index contributed by atoms with van der Waals surface area (Å²) in [7, 11) is 3.48. The normalized spacial score (nSPS) is 23.3. The highest BCUT2D eigenvalue weighted by molar-refractivity contribution is 6.01. The third kappa shape index (κ3) is 4.41. The number of pyridine rings is 1. The Morgan fingerprint density at radius 2 is 2.00 bits per heavy atom. The van der Waals surface area contributed by atoms with Gasteiger partial charge in [-0.3, -0.25) is 9.59 Å². The highest BCUT2D eigenvalue weighted by Crippen LogP contribution is 2.36. The molecule has 1 aliphatic carbocycles. The summed E-state index contributed by atoms with van der Waals surface area (Å²) in [6, 6.07) is 6.03. The maximum absolute atomic E-state index is 13.3. The van der Waals surface area contributed by atoms with Crippen molar-refractivity contribution in [3.63, 3.8) is 0 Å². The van der Waals surface area contributed by atoms with Gasteiger partial charge in [0.15, 0.2) is 5.65 Å². The van der Waals surface area contributed by atoms with E-state index in [0.717, 1.165) is 42.3 Å². The molecule has 1 saturated carbocycles. The molecule has 0 radical (unpaired) electrons. The zero-order chi connectivity index (χ0) is 28.1. The van der Waals surface area contributed by atoms with E-state index < -0.39 is 0 Å². The van der Waals surface area contributed by atoms with Crippen LogP contribution in [0.5, 0.6) is 0 Å². The fourth-order valence-corrected chi connectivity index (χ4v) is 6.42. The van der Waals surface area contributed by atoms with Crippen LogP contribution in [0.3, 0.4) is 0 Å². The Labute approximate surface area is 237 Å². The summed E-state index contributed by atoms with van der Waals surface area (Å²) in [5.41, 5.74) is 3.25. The van der Waals surface area contributed by atoms with Crippen molar-refractivity contribution >= 4 is 34.3 Å². The topological polar surface area (TPSA) is 128 Å². The van der Waals surface area contributed by atoms with Gasteiger partial charge < -0.3 is 29.6 Å². The Balaban J connectivity index is 1.26. The number of likely N-dealkylation sites (tertiary alicyclic amines) is 1. The Morgan fingerprint density at radius 1 is 1.15 bits per heavy atom. The molecule has 12 heteroatoms. The van der Waals surface area contributed by atoms with E-state index >= 15 is 0 Å². The Kier molecular flexibility index (Phi) is 6.58. The lowest BCUT2D eigenvalue weighted by Gasteiger charge is -2.35. The SMILES string of the molecule is CNc1cc(-c2cn([C@@H]3CC(=O)N(C4CCOCC4)C3)c3ncccc23)nc2c(C(=O)N[C@H]3CC[C@@H]3OC)cnn12. The van der Waals surface area contributed by atoms with E-state index in [4.69, 9.17) is 19.4 Å². The number of methoxy groups -OCH3 is 1. The van der Waals surface area contributed by atoms with Crippen molar-refractivity contribution in [1.82, 2.24) is 34.4 Å². The van der Waals surface area contributed by atoms with E-state index in [1.54, 1.807) is 24.0 Å². The molecule has 4 aromatic heterocycles. The Hall–Kier alpha value is -4.03. The van der Waals surface area contributed by atoms with Crippen LogP contribution in [-0.4, -0.2) is 93.0 Å². The molecule has 6 heterocycles. The fraction of sp³-hybridized carbons (Fsp3) is 0.483. The number of anilines is 1. The minimum absolute atomic E-state index is 0.0201. The van der Waals surface area contributed by atoms with Crippen molar-refractivity contribution in [2.24, 2.45) is 0 Å². The molecule has 214 valence electrons. The molecule has 3 fully saturated rings. The highest BCUT2D eigenvalue weighted by atomic mass is 16.5. The second-order valence-corrected chi connectivity index (χ2v) is 11.1. The van der Waals surface area contributed by atoms with Crippen molar-refractivity contribution in [3.8, 4) is 11.3 Å². The first-order chi connectivity index (χ1) is 20.1. The maximum Gasteiger partial charge on any atom is 0.257 e. The maximum atomic E-state index is 13.3. The van der Waals surface area contributed by atoms with Gasteiger partial charge in [-0.15, -0.1) is 0 Å². The van der Waals surface area contributed by atoms with Gasteiger partial charge in [0.25, 0.3) is 5.91 Å². The molecule has 2 amide bonds. The van der Waals surface area contributed by atoms with Gasteiger partial charge in [0.05, 0.1) is 30.1 Å². The molecule has 0 bridgehead atoms. The van der Waals surface area contributed by atoms with E-state index in [2.05, 4.69) is 26.5 Å². The fourth-order valence-electron chi connectivity index (χ4n) is 6.42. The van der Waals surface area contributed by atoms with E-state index in [1.165, 1.54) is 0 Å². The number of aromatic nitrogens is 5. The molecule has 3 atom stereocenters. The lowest BCUT2D eigenvalue weighted by molar-refractivity contribution is -0.131. The van der Waals surface area contributed by atoms with Crippen molar-refractivity contribution in [2.75, 3.05) is 39.2 Å². The number of carbonyl (C=O) groups excluding carboxylic acids is 2. The first-order valence-corrected chi connectivity index (χ1v) is 14.3. The number of amides is 2. The molecule has 41 heavy (non-hydrogen) atoms. The second kappa shape index (κ2) is 10.4. The predicted octanol–water partition coefficient (Wildman–Crippen LogP) is 2.65. The summed E-state index contributed by atoms with van der Waals surface area (Å²) in [6.45, 7) is 2.04. The van der Waals surface area contributed by atoms with Gasteiger partial charge >= 0.3 is 0 Å². The van der Waals surface area contributed by atoms with Crippen LogP contribution in [-0.2, 0) is 14.3 Å². The van der Waals surface area contributed by atoms with Crippen LogP contribution in [0.4, 0.5) is 5.82 Å². The van der Waals surface area contributed by atoms with Gasteiger partial charge in [-0.05, 0) is 37.8 Å². The van der Waals surface area contributed by atoms with Gasteiger partial charge in [0, 0.05) is 75.8 Å². The molecule has 4 aromatic rings. The Bertz CT molecular complexity index is 1620. The molecule has 12 nitrogen and oxygen atoms in total. The average Bonchev–Trinajstić information content (AvgIpc) is 3.70. The van der Waals surface area contributed by atoms with Crippen LogP contribution in [0.25, 0.3) is 27.9 Å². The van der Waals surface area contributed by atoms with E-state index in [9.17, 15) is 9.59 Å². The van der Waals surface area contributed by atoms with Crippen molar-refractivity contribution in [2.45, 2.75) is 56.3 Å². The monoisotopic (exact) mass is 558 g/mol. The molecular formula is C29H34N8O4. The minimum atomic E-state index is -0.222. The lowest BCUT2D eigenvalue weighted by Crippen LogP contribution is -2.51. The van der Waals surface area contributed by atoms with Gasteiger partial charge in [-0.2, -0.15) is 9.61 Å². The quantitative estimate of drug-likeness (QED) is 0.354. The molecule has 2 N–H and O–H groups in total. The van der Waals surface area contributed by atoms with Crippen LogP contribution >= 0.6 is 0 Å². The first kappa shape index (κ1) is 25.9. The van der Waals surface area contributed by atoms with Gasteiger partial charge in [-0.25, -0.2) is 9.97 Å². The number of hydrogen-bond donors (Lipinski definition) is 2. The molecule has 0 aromatic carbocycles. The number of nitrogens with one attached hydrogen (secondary N) is 2. The molecule has 2 saturated heterocycles. The summed E-state index contributed by atoms with van der Waals surface area (Å²) >= 11 is 0. The van der Waals surface area contributed by atoms with Crippen LogP contribution in [0.1, 0.15) is 48.5 Å². The van der Waals surface area contributed by atoms with Crippen molar-refractivity contribution in [1.29, 1.82) is 0 Å². The number of nitrogens with zero attached hydrogens (tertiary/aromatic N) is 6.